The highest BCUT2D eigenvalue weighted by molar-refractivity contribution is 5.91. The number of aromatic hydroxyl groups is 4. The van der Waals surface area contributed by atoms with Gasteiger partial charge in [-0.3, -0.25) is 4.79 Å². The normalized spacial score (nSPS) is 24.4. The SMILES string of the molecule is COc1c(O)cc2oc(-c3ccc(O)c(O)c3)c(O[C@@H]3O[C@H](CO)[C@H](O)[C@@H](O)[C@H]3O)c(=O)c2c1O. The van der Waals surface area contributed by atoms with Gasteiger partial charge in [0.05, 0.1) is 13.7 Å². The molecule has 0 aliphatic carbocycles. The van der Waals surface area contributed by atoms with Crippen molar-refractivity contribution >= 4 is 11.0 Å². The molecule has 1 aromatic heterocycles. The molecule has 1 fully saturated rings. The lowest BCUT2D eigenvalue weighted by molar-refractivity contribution is -0.277. The van der Waals surface area contributed by atoms with Crippen LogP contribution in [0.15, 0.2) is 33.5 Å². The molecule has 13 heteroatoms. The highest BCUT2D eigenvalue weighted by atomic mass is 16.7. The summed E-state index contributed by atoms with van der Waals surface area (Å²) >= 11 is 0. The Hall–Kier alpha value is -3.75. The van der Waals surface area contributed by atoms with Crippen molar-refractivity contribution in [1.82, 2.24) is 0 Å². The Morgan fingerprint density at radius 3 is 2.26 bits per heavy atom. The van der Waals surface area contributed by atoms with Crippen molar-refractivity contribution in [1.29, 1.82) is 0 Å². The number of ether oxygens (including phenoxy) is 3. The molecule has 35 heavy (non-hydrogen) atoms. The molecular formula is C22H22O13. The number of phenols is 4. The van der Waals surface area contributed by atoms with Gasteiger partial charge in [0.1, 0.15) is 35.4 Å². The summed E-state index contributed by atoms with van der Waals surface area (Å²) in [5, 5.41) is 79.6. The molecule has 2 heterocycles. The third-order valence-corrected chi connectivity index (χ3v) is 5.57. The van der Waals surface area contributed by atoms with Crippen molar-refractivity contribution < 1.29 is 59.5 Å². The third-order valence-electron chi connectivity index (χ3n) is 5.57. The van der Waals surface area contributed by atoms with Crippen molar-refractivity contribution in [3.63, 3.8) is 0 Å². The van der Waals surface area contributed by atoms with Crippen LogP contribution in [0.5, 0.6) is 34.5 Å². The maximum absolute atomic E-state index is 13.5. The Bertz CT molecular complexity index is 1320. The number of phenolic OH excluding ortho intramolecular Hbond substituents is 4. The van der Waals surface area contributed by atoms with Gasteiger partial charge in [0.15, 0.2) is 28.8 Å². The molecule has 1 aliphatic rings. The van der Waals surface area contributed by atoms with Crippen LogP contribution in [0.4, 0.5) is 0 Å². The lowest BCUT2D eigenvalue weighted by atomic mass is 9.99. The minimum absolute atomic E-state index is 0.00584. The predicted molar refractivity (Wildman–Crippen MR) is 116 cm³/mol. The Labute approximate surface area is 195 Å². The molecule has 5 atom stereocenters. The van der Waals surface area contributed by atoms with E-state index in [9.17, 15) is 45.6 Å². The van der Waals surface area contributed by atoms with E-state index < -0.39 is 82.6 Å². The highest BCUT2D eigenvalue weighted by Gasteiger charge is 2.45. The van der Waals surface area contributed by atoms with Gasteiger partial charge < -0.3 is 59.5 Å². The van der Waals surface area contributed by atoms with E-state index >= 15 is 0 Å². The predicted octanol–water partition coefficient (Wildman–Crippen LogP) is -0.530. The minimum Gasteiger partial charge on any atom is -0.504 e. The zero-order valence-electron chi connectivity index (χ0n) is 18.0. The maximum atomic E-state index is 13.5. The third kappa shape index (κ3) is 4.05. The zero-order chi connectivity index (χ0) is 25.6. The molecule has 4 rings (SSSR count). The van der Waals surface area contributed by atoms with Crippen molar-refractivity contribution in [3.05, 3.63) is 34.5 Å². The monoisotopic (exact) mass is 494 g/mol. The van der Waals surface area contributed by atoms with Crippen molar-refractivity contribution in [2.24, 2.45) is 0 Å². The molecule has 0 spiro atoms. The minimum atomic E-state index is -1.88. The standard InChI is InChI=1S/C22H22O13/c1-32-20-10(26)5-11-13(15(20)28)16(29)21(19(33-11)7-2-3-8(24)9(25)4-7)35-22-18(31)17(30)14(27)12(6-23)34-22/h2-5,12,14,17-18,22-28,30-31H,6H2,1H3/t12-,14+,17-,18-,22+/m1/s1. The Kier molecular flexibility index (Phi) is 6.36. The summed E-state index contributed by atoms with van der Waals surface area (Å²) in [6, 6.07) is 4.37. The highest BCUT2D eigenvalue weighted by Crippen LogP contribution is 2.44. The quantitative estimate of drug-likeness (QED) is 0.209. The van der Waals surface area contributed by atoms with Crippen LogP contribution in [0.3, 0.4) is 0 Å². The van der Waals surface area contributed by atoms with Crippen LogP contribution in [-0.2, 0) is 4.74 Å². The van der Waals surface area contributed by atoms with Crippen molar-refractivity contribution in [2.45, 2.75) is 30.7 Å². The van der Waals surface area contributed by atoms with Crippen LogP contribution in [0.1, 0.15) is 0 Å². The number of hydrogen-bond acceptors (Lipinski definition) is 13. The summed E-state index contributed by atoms with van der Waals surface area (Å²) in [5.41, 5.74) is -1.34. The van der Waals surface area contributed by atoms with Crippen LogP contribution >= 0.6 is 0 Å². The van der Waals surface area contributed by atoms with E-state index in [1.54, 1.807) is 0 Å². The molecule has 0 radical (unpaired) electrons. The Morgan fingerprint density at radius 2 is 1.63 bits per heavy atom. The molecule has 0 saturated carbocycles. The maximum Gasteiger partial charge on any atom is 0.239 e. The van der Waals surface area contributed by atoms with Crippen LogP contribution in [0.2, 0.25) is 0 Å². The summed E-state index contributed by atoms with van der Waals surface area (Å²) in [7, 11) is 1.14. The van der Waals surface area contributed by atoms with Crippen LogP contribution in [0.25, 0.3) is 22.3 Å². The number of aliphatic hydroxyl groups is 4. The summed E-state index contributed by atoms with van der Waals surface area (Å²) in [6.45, 7) is -0.757. The molecule has 0 unspecified atom stereocenters. The number of benzene rings is 2. The second kappa shape index (κ2) is 9.13. The fourth-order valence-electron chi connectivity index (χ4n) is 3.73. The van der Waals surface area contributed by atoms with Crippen LogP contribution in [-0.4, -0.2) is 85.3 Å². The first kappa shape index (κ1) is 24.4. The fraction of sp³-hybridized carbons (Fsp3) is 0.318. The van der Waals surface area contributed by atoms with Crippen molar-refractivity contribution in [2.75, 3.05) is 13.7 Å². The van der Waals surface area contributed by atoms with E-state index in [1.165, 1.54) is 6.07 Å². The fourth-order valence-corrected chi connectivity index (χ4v) is 3.73. The molecule has 2 aromatic carbocycles. The summed E-state index contributed by atoms with van der Waals surface area (Å²) in [4.78, 5) is 13.5. The van der Waals surface area contributed by atoms with Crippen molar-refractivity contribution in [3.8, 4) is 45.8 Å². The summed E-state index contributed by atoms with van der Waals surface area (Å²) < 4.78 is 21.5. The molecule has 0 bridgehead atoms. The van der Waals surface area contributed by atoms with Gasteiger partial charge in [-0.1, -0.05) is 0 Å². The first-order valence-corrected chi connectivity index (χ1v) is 10.2. The Balaban J connectivity index is 1.95. The van der Waals surface area contributed by atoms with Gasteiger partial charge in [-0.2, -0.15) is 0 Å². The van der Waals surface area contributed by atoms with Crippen LogP contribution < -0.4 is 14.9 Å². The molecule has 3 aromatic rings. The van der Waals surface area contributed by atoms with E-state index in [1.807, 2.05) is 0 Å². The average Bonchev–Trinajstić information content (AvgIpc) is 2.82. The van der Waals surface area contributed by atoms with E-state index in [2.05, 4.69) is 0 Å². The molecule has 1 aliphatic heterocycles. The number of fused-ring (bicyclic) bond motifs is 1. The molecule has 188 valence electrons. The Morgan fingerprint density at radius 1 is 0.914 bits per heavy atom. The van der Waals surface area contributed by atoms with Gasteiger partial charge in [-0.25, -0.2) is 0 Å². The largest absolute Gasteiger partial charge is 0.504 e. The second-order valence-electron chi connectivity index (χ2n) is 7.76. The van der Waals surface area contributed by atoms with Gasteiger partial charge >= 0.3 is 0 Å². The number of hydrogen-bond donors (Lipinski definition) is 8. The molecule has 0 amide bonds. The molecule has 8 N–H and O–H groups in total. The van der Waals surface area contributed by atoms with E-state index in [-0.39, 0.29) is 16.9 Å². The molecule has 13 nitrogen and oxygen atoms in total. The van der Waals surface area contributed by atoms with E-state index in [0.717, 1.165) is 25.3 Å². The second-order valence-corrected chi connectivity index (χ2v) is 7.76. The smallest absolute Gasteiger partial charge is 0.239 e. The molecule has 1 saturated heterocycles. The summed E-state index contributed by atoms with van der Waals surface area (Å²) in [6.07, 6.45) is -8.53. The first-order valence-electron chi connectivity index (χ1n) is 10.2. The van der Waals surface area contributed by atoms with Gasteiger partial charge in [0, 0.05) is 11.6 Å². The van der Waals surface area contributed by atoms with Crippen LogP contribution in [0, 0.1) is 0 Å². The average molecular weight is 494 g/mol. The first-order chi connectivity index (χ1) is 16.6. The topological polar surface area (TPSA) is 220 Å². The molecular weight excluding hydrogens is 472 g/mol. The zero-order valence-corrected chi connectivity index (χ0v) is 18.0. The number of methoxy groups -OCH3 is 1. The van der Waals surface area contributed by atoms with E-state index in [0.29, 0.717) is 0 Å². The number of rotatable bonds is 5. The van der Waals surface area contributed by atoms with Gasteiger partial charge in [-0.05, 0) is 18.2 Å². The lowest BCUT2D eigenvalue weighted by Crippen LogP contribution is -2.60. The van der Waals surface area contributed by atoms with E-state index in [4.69, 9.17) is 18.6 Å². The van der Waals surface area contributed by atoms with Gasteiger partial charge in [0.2, 0.25) is 23.2 Å². The van der Waals surface area contributed by atoms with Gasteiger partial charge in [-0.15, -0.1) is 0 Å². The van der Waals surface area contributed by atoms with Gasteiger partial charge in [0.25, 0.3) is 0 Å². The number of aliphatic hydroxyl groups excluding tert-OH is 4. The summed E-state index contributed by atoms with van der Waals surface area (Å²) in [5.74, 6) is -3.87. The lowest BCUT2D eigenvalue weighted by Gasteiger charge is -2.39.